The fourth-order valence-corrected chi connectivity index (χ4v) is 2.78. The van der Waals surface area contributed by atoms with E-state index in [1.807, 2.05) is 51.2 Å². The molecule has 0 radical (unpaired) electrons. The van der Waals surface area contributed by atoms with Crippen LogP contribution in [0.25, 0.3) is 0 Å². The molecule has 0 fully saturated rings. The van der Waals surface area contributed by atoms with Crippen LogP contribution in [0.2, 0.25) is 0 Å². The first-order chi connectivity index (χ1) is 11.5. The van der Waals surface area contributed by atoms with Crippen molar-refractivity contribution in [3.8, 4) is 0 Å². The predicted molar refractivity (Wildman–Crippen MR) is 94.4 cm³/mol. The standard InChI is InChI=1S/C20H26FNO2/c1-15(2)24-14-19(23)13-22(3)20(16-7-5-4-6-8-16)17-9-11-18(21)12-10-17/h4-12,15,19-20,23H,13-14H2,1-3H3. The topological polar surface area (TPSA) is 32.7 Å². The Morgan fingerprint density at radius 3 is 2.17 bits per heavy atom. The zero-order chi connectivity index (χ0) is 17.5. The van der Waals surface area contributed by atoms with E-state index >= 15 is 0 Å². The normalized spacial score (nSPS) is 14.1. The minimum Gasteiger partial charge on any atom is -0.389 e. The van der Waals surface area contributed by atoms with Crippen molar-refractivity contribution in [1.82, 2.24) is 4.90 Å². The van der Waals surface area contributed by atoms with Gasteiger partial charge in [-0.3, -0.25) is 4.90 Å². The Balaban J connectivity index is 2.18. The van der Waals surface area contributed by atoms with Gasteiger partial charge in [0.25, 0.3) is 0 Å². The second-order valence-electron chi connectivity index (χ2n) is 6.34. The summed E-state index contributed by atoms with van der Waals surface area (Å²) in [6.07, 6.45) is -0.490. The van der Waals surface area contributed by atoms with E-state index in [1.165, 1.54) is 12.1 Å². The Morgan fingerprint density at radius 2 is 1.58 bits per heavy atom. The summed E-state index contributed by atoms with van der Waals surface area (Å²) < 4.78 is 18.8. The molecule has 0 saturated carbocycles. The highest BCUT2D eigenvalue weighted by molar-refractivity contribution is 5.32. The maximum Gasteiger partial charge on any atom is 0.123 e. The Kier molecular flexibility index (Phi) is 6.91. The third-order valence-electron chi connectivity index (χ3n) is 3.86. The molecule has 4 heteroatoms. The van der Waals surface area contributed by atoms with Gasteiger partial charge in [0.15, 0.2) is 0 Å². The minimum atomic E-state index is -0.580. The van der Waals surface area contributed by atoms with E-state index in [1.54, 1.807) is 12.1 Å². The number of aliphatic hydroxyl groups excluding tert-OH is 1. The van der Waals surface area contributed by atoms with Crippen LogP contribution in [0, 0.1) is 5.82 Å². The van der Waals surface area contributed by atoms with Gasteiger partial charge in [-0.2, -0.15) is 0 Å². The first kappa shape index (κ1) is 18.6. The van der Waals surface area contributed by atoms with E-state index in [-0.39, 0.29) is 18.0 Å². The third kappa shape index (κ3) is 5.41. The first-order valence-corrected chi connectivity index (χ1v) is 8.27. The predicted octanol–water partition coefficient (Wildman–Crippen LogP) is 3.63. The highest BCUT2D eigenvalue weighted by Crippen LogP contribution is 2.27. The molecule has 2 atom stereocenters. The van der Waals surface area contributed by atoms with Gasteiger partial charge in [-0.05, 0) is 44.2 Å². The van der Waals surface area contributed by atoms with Gasteiger partial charge in [-0.25, -0.2) is 4.39 Å². The van der Waals surface area contributed by atoms with E-state index in [9.17, 15) is 9.50 Å². The number of benzene rings is 2. The summed E-state index contributed by atoms with van der Waals surface area (Å²) in [5, 5.41) is 10.2. The maximum atomic E-state index is 13.3. The maximum absolute atomic E-state index is 13.3. The molecule has 0 saturated heterocycles. The lowest BCUT2D eigenvalue weighted by atomic mass is 9.97. The molecule has 0 heterocycles. The summed E-state index contributed by atoms with van der Waals surface area (Å²) in [6.45, 7) is 4.65. The van der Waals surface area contributed by atoms with Gasteiger partial charge in [0.2, 0.25) is 0 Å². The minimum absolute atomic E-state index is 0.0551. The second kappa shape index (κ2) is 8.92. The van der Waals surface area contributed by atoms with Crippen molar-refractivity contribution in [2.45, 2.75) is 32.1 Å². The van der Waals surface area contributed by atoms with Crippen LogP contribution in [0.4, 0.5) is 4.39 Å². The van der Waals surface area contributed by atoms with E-state index in [0.717, 1.165) is 11.1 Å². The molecule has 3 nitrogen and oxygen atoms in total. The highest BCUT2D eigenvalue weighted by atomic mass is 19.1. The zero-order valence-electron chi connectivity index (χ0n) is 14.5. The van der Waals surface area contributed by atoms with Crippen molar-refractivity contribution in [2.24, 2.45) is 0 Å². The molecule has 2 rings (SSSR count). The van der Waals surface area contributed by atoms with Crippen molar-refractivity contribution in [2.75, 3.05) is 20.2 Å². The largest absolute Gasteiger partial charge is 0.389 e. The van der Waals surface area contributed by atoms with Gasteiger partial charge in [0, 0.05) is 6.54 Å². The quantitative estimate of drug-likeness (QED) is 0.802. The molecule has 0 amide bonds. The first-order valence-electron chi connectivity index (χ1n) is 8.27. The Labute approximate surface area is 143 Å². The van der Waals surface area contributed by atoms with Crippen molar-refractivity contribution in [1.29, 1.82) is 0 Å². The van der Waals surface area contributed by atoms with Crippen LogP contribution in [-0.2, 0) is 4.74 Å². The van der Waals surface area contributed by atoms with Crippen LogP contribution in [0.3, 0.4) is 0 Å². The fourth-order valence-electron chi connectivity index (χ4n) is 2.78. The van der Waals surface area contributed by atoms with E-state index < -0.39 is 6.10 Å². The molecule has 0 aliphatic heterocycles. The van der Waals surface area contributed by atoms with Gasteiger partial charge >= 0.3 is 0 Å². The highest BCUT2D eigenvalue weighted by Gasteiger charge is 2.21. The van der Waals surface area contributed by atoms with Gasteiger partial charge in [-0.15, -0.1) is 0 Å². The van der Waals surface area contributed by atoms with E-state index in [4.69, 9.17) is 4.74 Å². The molecular formula is C20H26FNO2. The van der Waals surface area contributed by atoms with Crippen molar-refractivity contribution >= 4 is 0 Å². The molecule has 130 valence electrons. The summed E-state index contributed by atoms with van der Waals surface area (Å²) in [6, 6.07) is 16.5. The fraction of sp³-hybridized carbons (Fsp3) is 0.400. The van der Waals surface area contributed by atoms with Crippen LogP contribution in [-0.4, -0.2) is 42.4 Å². The summed E-state index contributed by atoms with van der Waals surface area (Å²) in [4.78, 5) is 2.07. The van der Waals surface area contributed by atoms with Crippen LogP contribution in [0.1, 0.15) is 31.0 Å². The number of rotatable bonds is 8. The number of nitrogens with zero attached hydrogens (tertiary/aromatic N) is 1. The number of halogens is 1. The van der Waals surface area contributed by atoms with Crippen molar-refractivity contribution in [3.05, 3.63) is 71.5 Å². The Morgan fingerprint density at radius 1 is 1.00 bits per heavy atom. The number of aliphatic hydroxyl groups is 1. The van der Waals surface area contributed by atoms with Crippen LogP contribution < -0.4 is 0 Å². The average molecular weight is 331 g/mol. The van der Waals surface area contributed by atoms with Crippen LogP contribution >= 0.6 is 0 Å². The van der Waals surface area contributed by atoms with Gasteiger partial charge in [0.05, 0.1) is 24.9 Å². The monoisotopic (exact) mass is 331 g/mol. The number of ether oxygens (including phenoxy) is 1. The molecule has 2 aromatic rings. The number of hydrogen-bond donors (Lipinski definition) is 1. The number of hydrogen-bond acceptors (Lipinski definition) is 3. The average Bonchev–Trinajstić information content (AvgIpc) is 2.56. The summed E-state index contributed by atoms with van der Waals surface area (Å²) in [5.74, 6) is -0.251. The van der Waals surface area contributed by atoms with Crippen molar-refractivity contribution < 1.29 is 14.2 Å². The van der Waals surface area contributed by atoms with Gasteiger partial charge < -0.3 is 9.84 Å². The molecule has 0 aliphatic rings. The molecule has 0 bridgehead atoms. The SMILES string of the molecule is CC(C)OCC(O)CN(C)C(c1ccccc1)c1ccc(F)cc1. The Hall–Kier alpha value is -1.75. The third-order valence-corrected chi connectivity index (χ3v) is 3.86. The molecule has 2 aromatic carbocycles. The zero-order valence-corrected chi connectivity index (χ0v) is 14.5. The summed E-state index contributed by atoms with van der Waals surface area (Å²) >= 11 is 0. The lowest BCUT2D eigenvalue weighted by molar-refractivity contribution is -0.00855. The molecule has 0 aliphatic carbocycles. The Bertz CT molecular complexity index is 601. The summed E-state index contributed by atoms with van der Waals surface area (Å²) in [7, 11) is 1.96. The van der Waals surface area contributed by atoms with E-state index in [2.05, 4.69) is 4.90 Å². The molecule has 0 aromatic heterocycles. The molecular weight excluding hydrogens is 305 g/mol. The molecule has 2 unspecified atom stereocenters. The van der Waals surface area contributed by atoms with Gasteiger partial charge in [-0.1, -0.05) is 42.5 Å². The molecule has 0 spiro atoms. The van der Waals surface area contributed by atoms with E-state index in [0.29, 0.717) is 13.2 Å². The molecule has 24 heavy (non-hydrogen) atoms. The second-order valence-corrected chi connectivity index (χ2v) is 6.34. The van der Waals surface area contributed by atoms with Crippen LogP contribution in [0.15, 0.2) is 54.6 Å². The van der Waals surface area contributed by atoms with Crippen LogP contribution in [0.5, 0.6) is 0 Å². The van der Waals surface area contributed by atoms with Gasteiger partial charge in [0.1, 0.15) is 5.82 Å². The summed E-state index contributed by atoms with van der Waals surface area (Å²) in [5.41, 5.74) is 2.09. The lowest BCUT2D eigenvalue weighted by Crippen LogP contribution is -2.36. The number of likely N-dealkylation sites (N-methyl/N-ethyl adjacent to an activating group) is 1. The lowest BCUT2D eigenvalue weighted by Gasteiger charge is -2.31. The van der Waals surface area contributed by atoms with Crippen molar-refractivity contribution in [3.63, 3.8) is 0 Å². The smallest absolute Gasteiger partial charge is 0.123 e. The molecule has 1 N–H and O–H groups in total.